The standard InChI is InChI=1S/C19H25N3O3S/c1-13-10-15-17(11-14(13)2)26-19(20-15)22(7-5-6-21(3)4)18(23)16-12-24-8-9-25-16/h10-12H,5-9H2,1-4H3. The Morgan fingerprint density at radius 3 is 2.65 bits per heavy atom. The van der Waals surface area contributed by atoms with Crippen LogP contribution >= 0.6 is 11.3 Å². The molecule has 0 unspecified atom stereocenters. The number of benzene rings is 1. The second-order valence-corrected chi connectivity index (χ2v) is 7.72. The summed E-state index contributed by atoms with van der Waals surface area (Å²) in [6.45, 7) is 6.50. The van der Waals surface area contributed by atoms with Gasteiger partial charge in [-0.3, -0.25) is 9.69 Å². The molecule has 0 radical (unpaired) electrons. The van der Waals surface area contributed by atoms with E-state index in [9.17, 15) is 4.79 Å². The summed E-state index contributed by atoms with van der Waals surface area (Å²) in [5.74, 6) is 0.0451. The molecule has 0 aliphatic carbocycles. The molecule has 1 aromatic heterocycles. The predicted molar refractivity (Wildman–Crippen MR) is 105 cm³/mol. The molecule has 3 rings (SSSR count). The Morgan fingerprint density at radius 1 is 1.19 bits per heavy atom. The first-order valence-electron chi connectivity index (χ1n) is 8.74. The molecule has 1 aromatic carbocycles. The van der Waals surface area contributed by atoms with Gasteiger partial charge in [-0.05, 0) is 64.2 Å². The van der Waals surface area contributed by atoms with Crippen LogP contribution in [-0.2, 0) is 14.3 Å². The second kappa shape index (κ2) is 8.05. The molecule has 0 N–H and O–H groups in total. The molecule has 7 heteroatoms. The third-order valence-electron chi connectivity index (χ3n) is 4.32. The highest BCUT2D eigenvalue weighted by Crippen LogP contribution is 2.31. The van der Waals surface area contributed by atoms with E-state index < -0.39 is 0 Å². The Labute approximate surface area is 158 Å². The van der Waals surface area contributed by atoms with Crippen molar-refractivity contribution >= 4 is 32.6 Å². The Kier molecular flexibility index (Phi) is 5.78. The Morgan fingerprint density at radius 2 is 1.96 bits per heavy atom. The first-order valence-corrected chi connectivity index (χ1v) is 9.56. The molecule has 0 atom stereocenters. The van der Waals surface area contributed by atoms with Crippen LogP contribution in [0.25, 0.3) is 10.2 Å². The van der Waals surface area contributed by atoms with Crippen LogP contribution in [-0.4, -0.2) is 56.2 Å². The molecule has 0 bridgehead atoms. The zero-order chi connectivity index (χ0) is 18.7. The van der Waals surface area contributed by atoms with Crippen LogP contribution < -0.4 is 4.90 Å². The van der Waals surface area contributed by atoms with E-state index in [-0.39, 0.29) is 11.7 Å². The van der Waals surface area contributed by atoms with Gasteiger partial charge >= 0.3 is 0 Å². The van der Waals surface area contributed by atoms with Crippen molar-refractivity contribution in [1.82, 2.24) is 9.88 Å². The normalized spacial score (nSPS) is 14.1. The minimum Gasteiger partial charge on any atom is -0.494 e. The van der Waals surface area contributed by atoms with Gasteiger partial charge in [0.1, 0.15) is 19.5 Å². The number of aromatic nitrogens is 1. The number of fused-ring (bicyclic) bond motifs is 1. The summed E-state index contributed by atoms with van der Waals surface area (Å²) in [4.78, 5) is 21.5. The molecule has 2 heterocycles. The average Bonchev–Trinajstić information content (AvgIpc) is 3.01. The fourth-order valence-electron chi connectivity index (χ4n) is 2.73. The van der Waals surface area contributed by atoms with Gasteiger partial charge in [0.25, 0.3) is 5.91 Å². The number of carbonyl (C=O) groups is 1. The number of thiazole rings is 1. The maximum absolute atomic E-state index is 13.0. The molecule has 0 fully saturated rings. The summed E-state index contributed by atoms with van der Waals surface area (Å²) in [6.07, 6.45) is 2.26. The van der Waals surface area contributed by atoms with Gasteiger partial charge in [-0.25, -0.2) is 4.98 Å². The molecule has 0 saturated carbocycles. The van der Waals surface area contributed by atoms with Gasteiger partial charge in [-0.15, -0.1) is 0 Å². The van der Waals surface area contributed by atoms with Crippen LogP contribution in [0.1, 0.15) is 17.5 Å². The van der Waals surface area contributed by atoms with Crippen molar-refractivity contribution in [3.63, 3.8) is 0 Å². The second-order valence-electron chi connectivity index (χ2n) is 6.72. The maximum Gasteiger partial charge on any atom is 0.298 e. The number of amides is 1. The summed E-state index contributed by atoms with van der Waals surface area (Å²) < 4.78 is 11.8. The Bertz CT molecular complexity index is 790. The molecule has 0 spiro atoms. The molecule has 1 aliphatic heterocycles. The number of anilines is 1. The highest BCUT2D eigenvalue weighted by molar-refractivity contribution is 7.22. The lowest BCUT2D eigenvalue weighted by Crippen LogP contribution is -2.36. The Hall–Kier alpha value is -2.12. The van der Waals surface area contributed by atoms with E-state index in [0.717, 1.165) is 23.2 Å². The summed E-state index contributed by atoms with van der Waals surface area (Å²) in [6, 6.07) is 4.21. The highest BCUT2D eigenvalue weighted by atomic mass is 32.1. The van der Waals surface area contributed by atoms with Gasteiger partial charge < -0.3 is 14.4 Å². The van der Waals surface area contributed by atoms with E-state index in [1.807, 2.05) is 14.1 Å². The lowest BCUT2D eigenvalue weighted by atomic mass is 10.1. The van der Waals surface area contributed by atoms with Gasteiger partial charge in [-0.2, -0.15) is 0 Å². The first kappa shape index (κ1) is 18.7. The summed E-state index contributed by atoms with van der Waals surface area (Å²) in [5.41, 5.74) is 3.35. The Balaban J connectivity index is 1.91. The fourth-order valence-corrected chi connectivity index (χ4v) is 3.80. The van der Waals surface area contributed by atoms with Crippen LogP contribution in [0.2, 0.25) is 0 Å². The predicted octanol–water partition coefficient (Wildman–Crippen LogP) is 3.09. The van der Waals surface area contributed by atoms with E-state index in [0.29, 0.717) is 24.9 Å². The topological polar surface area (TPSA) is 54.9 Å². The molecule has 0 saturated heterocycles. The number of hydrogen-bond acceptors (Lipinski definition) is 6. The van der Waals surface area contributed by atoms with Crippen LogP contribution in [0.3, 0.4) is 0 Å². The molecule has 6 nitrogen and oxygen atoms in total. The molecular formula is C19H25N3O3S. The largest absolute Gasteiger partial charge is 0.494 e. The lowest BCUT2D eigenvalue weighted by Gasteiger charge is -2.23. The van der Waals surface area contributed by atoms with Crippen molar-refractivity contribution in [3.8, 4) is 0 Å². The van der Waals surface area contributed by atoms with Gasteiger partial charge in [0.2, 0.25) is 5.76 Å². The van der Waals surface area contributed by atoms with Gasteiger partial charge in [-0.1, -0.05) is 11.3 Å². The van der Waals surface area contributed by atoms with Crippen molar-refractivity contribution in [2.75, 3.05) is 45.3 Å². The van der Waals surface area contributed by atoms with E-state index >= 15 is 0 Å². The lowest BCUT2D eigenvalue weighted by molar-refractivity contribution is -0.119. The molecule has 2 aromatic rings. The number of carbonyl (C=O) groups excluding carboxylic acids is 1. The van der Waals surface area contributed by atoms with Crippen molar-refractivity contribution in [3.05, 3.63) is 35.3 Å². The fraction of sp³-hybridized carbons (Fsp3) is 0.474. The van der Waals surface area contributed by atoms with Crippen LogP contribution in [0.15, 0.2) is 24.2 Å². The molecule has 140 valence electrons. The van der Waals surface area contributed by atoms with Gasteiger partial charge in [0.15, 0.2) is 5.13 Å². The number of aryl methyl sites for hydroxylation is 2. The highest BCUT2D eigenvalue weighted by Gasteiger charge is 2.26. The summed E-state index contributed by atoms with van der Waals surface area (Å²) in [5, 5.41) is 0.698. The van der Waals surface area contributed by atoms with E-state index in [1.165, 1.54) is 28.7 Å². The third kappa shape index (κ3) is 4.16. The molecule has 1 aliphatic rings. The van der Waals surface area contributed by atoms with Gasteiger partial charge in [0.05, 0.1) is 10.2 Å². The van der Waals surface area contributed by atoms with Crippen LogP contribution in [0.4, 0.5) is 5.13 Å². The van der Waals surface area contributed by atoms with Crippen LogP contribution in [0.5, 0.6) is 0 Å². The zero-order valence-electron chi connectivity index (χ0n) is 15.7. The van der Waals surface area contributed by atoms with E-state index in [1.54, 1.807) is 4.90 Å². The van der Waals surface area contributed by atoms with Crippen LogP contribution in [0, 0.1) is 13.8 Å². The number of rotatable bonds is 6. The maximum atomic E-state index is 13.0. The monoisotopic (exact) mass is 375 g/mol. The zero-order valence-corrected chi connectivity index (χ0v) is 16.6. The first-order chi connectivity index (χ1) is 12.5. The third-order valence-corrected chi connectivity index (χ3v) is 5.36. The average molecular weight is 375 g/mol. The minimum atomic E-state index is -0.198. The van der Waals surface area contributed by atoms with E-state index in [2.05, 4.69) is 30.9 Å². The summed E-state index contributed by atoms with van der Waals surface area (Å²) in [7, 11) is 4.05. The number of hydrogen-bond donors (Lipinski definition) is 0. The SMILES string of the molecule is Cc1cc2nc(N(CCCN(C)C)C(=O)C3=COCCO3)sc2cc1C. The van der Waals surface area contributed by atoms with Crippen molar-refractivity contribution in [2.45, 2.75) is 20.3 Å². The van der Waals surface area contributed by atoms with Crippen molar-refractivity contribution < 1.29 is 14.3 Å². The summed E-state index contributed by atoms with van der Waals surface area (Å²) >= 11 is 1.54. The van der Waals surface area contributed by atoms with E-state index in [4.69, 9.17) is 14.5 Å². The molecule has 26 heavy (non-hydrogen) atoms. The number of nitrogens with zero attached hydrogens (tertiary/aromatic N) is 3. The number of ether oxygens (including phenoxy) is 2. The van der Waals surface area contributed by atoms with Crippen molar-refractivity contribution in [2.24, 2.45) is 0 Å². The van der Waals surface area contributed by atoms with Crippen molar-refractivity contribution in [1.29, 1.82) is 0 Å². The smallest absolute Gasteiger partial charge is 0.298 e. The quantitative estimate of drug-likeness (QED) is 0.777. The molecule has 1 amide bonds. The minimum absolute atomic E-state index is 0.198. The molecular weight excluding hydrogens is 350 g/mol. The van der Waals surface area contributed by atoms with Gasteiger partial charge in [0, 0.05) is 6.54 Å².